The lowest BCUT2D eigenvalue weighted by Gasteiger charge is -2.13. The summed E-state index contributed by atoms with van der Waals surface area (Å²) in [6.45, 7) is 3.57. The molecule has 0 amide bonds. The minimum atomic E-state index is -0.185. The van der Waals surface area contributed by atoms with E-state index in [1.165, 1.54) is 6.07 Å². The fourth-order valence-corrected chi connectivity index (χ4v) is 1.31. The quantitative estimate of drug-likeness (QED) is 0.705. The average Bonchev–Trinajstić information content (AvgIpc) is 2.18. The van der Waals surface area contributed by atoms with E-state index in [-0.39, 0.29) is 11.9 Å². The standard InChI is InChI=1S/C11H17FN2/c1-9(14-7-3-6-13)10-4-2-5-11(12)8-10/h2,4-5,8-9,14H,3,6-7,13H2,1H3. The normalized spacial score (nSPS) is 12.8. The third-order valence-corrected chi connectivity index (χ3v) is 2.18. The van der Waals surface area contributed by atoms with Crippen LogP contribution in [0.15, 0.2) is 24.3 Å². The Morgan fingerprint density at radius 2 is 2.29 bits per heavy atom. The van der Waals surface area contributed by atoms with Crippen LogP contribution < -0.4 is 11.1 Å². The van der Waals surface area contributed by atoms with Gasteiger partial charge in [-0.1, -0.05) is 12.1 Å². The molecular weight excluding hydrogens is 179 g/mol. The molecule has 0 aromatic heterocycles. The molecule has 3 heteroatoms. The Bertz CT molecular complexity index is 276. The van der Waals surface area contributed by atoms with Gasteiger partial charge in [-0.05, 0) is 44.1 Å². The first kappa shape index (κ1) is 11.1. The maximum Gasteiger partial charge on any atom is 0.123 e. The highest BCUT2D eigenvalue weighted by Crippen LogP contribution is 2.12. The van der Waals surface area contributed by atoms with Crippen LogP contribution in [0.2, 0.25) is 0 Å². The number of benzene rings is 1. The lowest BCUT2D eigenvalue weighted by atomic mass is 10.1. The number of hydrogen-bond donors (Lipinski definition) is 2. The van der Waals surface area contributed by atoms with Gasteiger partial charge in [0.05, 0.1) is 0 Å². The van der Waals surface area contributed by atoms with Gasteiger partial charge in [0.1, 0.15) is 5.82 Å². The molecule has 2 nitrogen and oxygen atoms in total. The van der Waals surface area contributed by atoms with Gasteiger partial charge in [-0.25, -0.2) is 4.39 Å². The summed E-state index contributed by atoms with van der Waals surface area (Å²) in [6.07, 6.45) is 0.944. The van der Waals surface area contributed by atoms with E-state index in [2.05, 4.69) is 5.32 Å². The summed E-state index contributed by atoms with van der Waals surface area (Å²) in [5.41, 5.74) is 6.35. The lowest BCUT2D eigenvalue weighted by Crippen LogP contribution is -2.21. The second kappa shape index (κ2) is 5.73. The first-order valence-corrected chi connectivity index (χ1v) is 4.93. The number of nitrogens with one attached hydrogen (secondary N) is 1. The number of hydrogen-bond acceptors (Lipinski definition) is 2. The third kappa shape index (κ3) is 3.44. The van der Waals surface area contributed by atoms with Crippen molar-refractivity contribution in [1.29, 1.82) is 0 Å². The Kier molecular flexibility index (Phi) is 4.56. The molecule has 0 aliphatic heterocycles. The summed E-state index contributed by atoms with van der Waals surface area (Å²) in [6, 6.07) is 6.84. The Hall–Kier alpha value is -0.930. The summed E-state index contributed by atoms with van der Waals surface area (Å²) in [5, 5.41) is 3.28. The van der Waals surface area contributed by atoms with E-state index in [1.807, 2.05) is 13.0 Å². The Morgan fingerprint density at radius 1 is 1.50 bits per heavy atom. The van der Waals surface area contributed by atoms with Crippen molar-refractivity contribution in [2.75, 3.05) is 13.1 Å². The number of halogens is 1. The van der Waals surface area contributed by atoms with E-state index >= 15 is 0 Å². The van der Waals surface area contributed by atoms with Gasteiger partial charge in [-0.2, -0.15) is 0 Å². The minimum absolute atomic E-state index is 0.178. The molecule has 1 aromatic carbocycles. The maximum absolute atomic E-state index is 12.9. The Morgan fingerprint density at radius 3 is 2.93 bits per heavy atom. The molecule has 0 aliphatic rings. The van der Waals surface area contributed by atoms with Gasteiger partial charge in [0.15, 0.2) is 0 Å². The largest absolute Gasteiger partial charge is 0.330 e. The molecule has 0 radical (unpaired) electrons. The lowest BCUT2D eigenvalue weighted by molar-refractivity contribution is 0.555. The molecule has 1 aromatic rings. The fraction of sp³-hybridized carbons (Fsp3) is 0.455. The van der Waals surface area contributed by atoms with Gasteiger partial charge in [-0.15, -0.1) is 0 Å². The molecule has 0 spiro atoms. The number of rotatable bonds is 5. The van der Waals surface area contributed by atoms with Crippen LogP contribution in [0.1, 0.15) is 24.9 Å². The van der Waals surface area contributed by atoms with E-state index in [0.717, 1.165) is 18.5 Å². The second-order valence-corrected chi connectivity index (χ2v) is 3.37. The zero-order chi connectivity index (χ0) is 10.4. The summed E-state index contributed by atoms with van der Waals surface area (Å²) in [5.74, 6) is -0.185. The summed E-state index contributed by atoms with van der Waals surface area (Å²) in [4.78, 5) is 0. The predicted molar refractivity (Wildman–Crippen MR) is 56.5 cm³/mol. The molecule has 0 aliphatic carbocycles. The van der Waals surface area contributed by atoms with Crippen LogP contribution in [0.4, 0.5) is 4.39 Å². The van der Waals surface area contributed by atoms with Crippen LogP contribution in [0.3, 0.4) is 0 Å². The molecule has 3 N–H and O–H groups in total. The summed E-state index contributed by atoms with van der Waals surface area (Å²) in [7, 11) is 0. The zero-order valence-electron chi connectivity index (χ0n) is 8.46. The topological polar surface area (TPSA) is 38.0 Å². The first-order valence-electron chi connectivity index (χ1n) is 4.93. The third-order valence-electron chi connectivity index (χ3n) is 2.18. The van der Waals surface area contributed by atoms with Crippen LogP contribution in [0, 0.1) is 5.82 Å². The van der Waals surface area contributed by atoms with Crippen molar-refractivity contribution in [3.63, 3.8) is 0 Å². The van der Waals surface area contributed by atoms with E-state index in [1.54, 1.807) is 12.1 Å². The van der Waals surface area contributed by atoms with Crippen LogP contribution in [-0.2, 0) is 0 Å². The van der Waals surface area contributed by atoms with E-state index < -0.39 is 0 Å². The van der Waals surface area contributed by atoms with Gasteiger partial charge in [0.25, 0.3) is 0 Å². The maximum atomic E-state index is 12.9. The molecule has 0 heterocycles. The molecule has 0 saturated carbocycles. The van der Waals surface area contributed by atoms with Crippen molar-refractivity contribution >= 4 is 0 Å². The molecular formula is C11H17FN2. The van der Waals surface area contributed by atoms with Crippen molar-refractivity contribution < 1.29 is 4.39 Å². The van der Waals surface area contributed by atoms with Gasteiger partial charge in [0, 0.05) is 6.04 Å². The molecule has 78 valence electrons. The highest BCUT2D eigenvalue weighted by atomic mass is 19.1. The molecule has 1 rings (SSSR count). The van der Waals surface area contributed by atoms with E-state index in [0.29, 0.717) is 6.54 Å². The Labute approximate surface area is 84.3 Å². The van der Waals surface area contributed by atoms with Crippen molar-refractivity contribution in [3.8, 4) is 0 Å². The summed E-state index contributed by atoms with van der Waals surface area (Å²) >= 11 is 0. The van der Waals surface area contributed by atoms with Crippen molar-refractivity contribution in [1.82, 2.24) is 5.32 Å². The number of nitrogens with two attached hydrogens (primary N) is 1. The molecule has 1 unspecified atom stereocenters. The van der Waals surface area contributed by atoms with Crippen LogP contribution in [-0.4, -0.2) is 13.1 Å². The smallest absolute Gasteiger partial charge is 0.123 e. The Balaban J connectivity index is 2.47. The average molecular weight is 196 g/mol. The first-order chi connectivity index (χ1) is 6.74. The van der Waals surface area contributed by atoms with Crippen molar-refractivity contribution in [3.05, 3.63) is 35.6 Å². The van der Waals surface area contributed by atoms with E-state index in [9.17, 15) is 4.39 Å². The predicted octanol–water partition coefficient (Wildman–Crippen LogP) is 1.83. The fourth-order valence-electron chi connectivity index (χ4n) is 1.31. The minimum Gasteiger partial charge on any atom is -0.330 e. The molecule has 14 heavy (non-hydrogen) atoms. The molecule has 1 atom stereocenters. The monoisotopic (exact) mass is 196 g/mol. The van der Waals surface area contributed by atoms with Crippen molar-refractivity contribution in [2.45, 2.75) is 19.4 Å². The van der Waals surface area contributed by atoms with Crippen LogP contribution in [0.5, 0.6) is 0 Å². The van der Waals surface area contributed by atoms with E-state index in [4.69, 9.17) is 5.73 Å². The zero-order valence-corrected chi connectivity index (χ0v) is 8.46. The molecule has 0 saturated heterocycles. The van der Waals surface area contributed by atoms with Gasteiger partial charge in [-0.3, -0.25) is 0 Å². The van der Waals surface area contributed by atoms with Crippen LogP contribution in [0.25, 0.3) is 0 Å². The second-order valence-electron chi connectivity index (χ2n) is 3.37. The molecule has 0 fully saturated rings. The van der Waals surface area contributed by atoms with Crippen molar-refractivity contribution in [2.24, 2.45) is 5.73 Å². The van der Waals surface area contributed by atoms with Gasteiger partial charge < -0.3 is 11.1 Å². The van der Waals surface area contributed by atoms with Crippen LogP contribution >= 0.6 is 0 Å². The SMILES string of the molecule is CC(NCCCN)c1cccc(F)c1. The van der Waals surface area contributed by atoms with Gasteiger partial charge >= 0.3 is 0 Å². The van der Waals surface area contributed by atoms with Gasteiger partial charge in [0.2, 0.25) is 0 Å². The summed E-state index contributed by atoms with van der Waals surface area (Å²) < 4.78 is 12.9. The molecule has 0 bridgehead atoms. The highest BCUT2D eigenvalue weighted by Gasteiger charge is 2.04. The highest BCUT2D eigenvalue weighted by molar-refractivity contribution is 5.19.